The molecular formula is C13H13F2NO7S. The number of hydrogen-bond donors (Lipinski definition) is 1. The minimum Gasteiger partial charge on any atom is -0.468 e. The first-order valence-corrected chi connectivity index (χ1v) is 7.86. The van der Waals surface area contributed by atoms with E-state index in [-0.39, 0.29) is 5.56 Å². The molecule has 1 amide bonds. The molecule has 1 rings (SSSR count). The summed E-state index contributed by atoms with van der Waals surface area (Å²) in [5, 5.41) is 2.13. The summed E-state index contributed by atoms with van der Waals surface area (Å²) in [5.74, 6) is -5.99. The quantitative estimate of drug-likeness (QED) is 0.683. The summed E-state index contributed by atoms with van der Waals surface area (Å²) in [6, 6.07) is 3.61. The number of rotatable bonds is 7. The number of methoxy groups -OCH3 is 1. The molecule has 0 radical (unpaired) electrons. The molecule has 1 N–H and O–H groups in total. The molecule has 0 saturated heterocycles. The normalized spacial score (nSPS) is 11.0. The lowest BCUT2D eigenvalue weighted by atomic mass is 10.2. The van der Waals surface area contributed by atoms with Crippen LogP contribution >= 0.6 is 0 Å². The Morgan fingerprint density at radius 1 is 1.17 bits per heavy atom. The first kappa shape index (κ1) is 19.5. The maximum Gasteiger partial charge on any atom is 0.341 e. The topological polar surface area (TPSA) is 116 Å². The van der Waals surface area contributed by atoms with Gasteiger partial charge in [-0.25, -0.2) is 13.2 Å². The molecule has 0 heterocycles. The van der Waals surface area contributed by atoms with Crippen molar-refractivity contribution in [2.75, 3.05) is 20.3 Å². The second kappa shape index (κ2) is 8.34. The SMILES string of the molecule is COC(=O)CNC(=O)COC(=O)c1ccc(S(=O)(=O)C(F)F)cc1. The number of alkyl halides is 2. The number of ether oxygens (including phenoxy) is 2. The van der Waals surface area contributed by atoms with Gasteiger partial charge in [0.15, 0.2) is 6.61 Å². The second-order valence-electron chi connectivity index (χ2n) is 4.26. The van der Waals surface area contributed by atoms with Crippen molar-refractivity contribution in [2.24, 2.45) is 0 Å². The highest BCUT2D eigenvalue weighted by Gasteiger charge is 2.26. The third-order valence-corrected chi connectivity index (χ3v) is 4.04. The van der Waals surface area contributed by atoms with Gasteiger partial charge in [0.25, 0.3) is 5.91 Å². The largest absolute Gasteiger partial charge is 0.468 e. The average Bonchev–Trinajstić information content (AvgIpc) is 2.57. The predicted molar refractivity (Wildman–Crippen MR) is 74.9 cm³/mol. The summed E-state index contributed by atoms with van der Waals surface area (Å²) in [6.45, 7) is -1.08. The van der Waals surface area contributed by atoms with Gasteiger partial charge in [0.1, 0.15) is 6.54 Å². The smallest absolute Gasteiger partial charge is 0.341 e. The molecule has 0 aliphatic rings. The molecule has 0 unspecified atom stereocenters. The van der Waals surface area contributed by atoms with Gasteiger partial charge in [-0.05, 0) is 24.3 Å². The van der Waals surface area contributed by atoms with E-state index in [4.69, 9.17) is 0 Å². The zero-order valence-corrected chi connectivity index (χ0v) is 13.1. The molecular weight excluding hydrogens is 352 g/mol. The van der Waals surface area contributed by atoms with Gasteiger partial charge >= 0.3 is 17.7 Å². The van der Waals surface area contributed by atoms with Gasteiger partial charge in [0.05, 0.1) is 17.6 Å². The average molecular weight is 365 g/mol. The Bertz CT molecular complexity index is 716. The number of nitrogens with one attached hydrogen (secondary N) is 1. The molecule has 132 valence electrons. The van der Waals surface area contributed by atoms with E-state index in [9.17, 15) is 31.6 Å². The molecule has 1 aromatic rings. The maximum atomic E-state index is 12.4. The van der Waals surface area contributed by atoms with E-state index in [1.165, 1.54) is 0 Å². The number of benzene rings is 1. The van der Waals surface area contributed by atoms with Crippen molar-refractivity contribution < 1.29 is 41.1 Å². The van der Waals surface area contributed by atoms with E-state index in [1.54, 1.807) is 0 Å². The van der Waals surface area contributed by atoms with Gasteiger partial charge < -0.3 is 14.8 Å². The summed E-state index contributed by atoms with van der Waals surface area (Å²) < 4.78 is 56.1. The lowest BCUT2D eigenvalue weighted by molar-refractivity contribution is -0.141. The van der Waals surface area contributed by atoms with Crippen LogP contribution in [0.5, 0.6) is 0 Å². The van der Waals surface area contributed by atoms with Crippen LogP contribution in [0.1, 0.15) is 10.4 Å². The van der Waals surface area contributed by atoms with E-state index < -0.39 is 51.5 Å². The second-order valence-corrected chi connectivity index (χ2v) is 6.18. The number of esters is 2. The monoisotopic (exact) mass is 365 g/mol. The van der Waals surface area contributed by atoms with Gasteiger partial charge in [-0.15, -0.1) is 0 Å². The highest BCUT2D eigenvalue weighted by molar-refractivity contribution is 7.91. The van der Waals surface area contributed by atoms with Gasteiger partial charge in [0, 0.05) is 0 Å². The maximum absolute atomic E-state index is 12.4. The van der Waals surface area contributed by atoms with Crippen molar-refractivity contribution in [3.05, 3.63) is 29.8 Å². The van der Waals surface area contributed by atoms with E-state index in [0.717, 1.165) is 31.4 Å². The molecule has 0 aromatic heterocycles. The number of halogens is 2. The van der Waals surface area contributed by atoms with E-state index in [1.807, 2.05) is 0 Å². The standard InChI is InChI=1S/C13H13F2NO7S/c1-22-11(18)6-16-10(17)7-23-12(19)8-2-4-9(5-3-8)24(20,21)13(14)15/h2-5,13H,6-7H2,1H3,(H,16,17). The van der Waals surface area contributed by atoms with Crippen LogP contribution in [0.2, 0.25) is 0 Å². The summed E-state index contributed by atoms with van der Waals surface area (Å²) in [7, 11) is -3.63. The number of carbonyl (C=O) groups is 3. The molecule has 0 spiro atoms. The van der Waals surface area contributed by atoms with Crippen LogP contribution in [0.25, 0.3) is 0 Å². The molecule has 0 aliphatic heterocycles. The Morgan fingerprint density at radius 2 is 1.75 bits per heavy atom. The van der Waals surface area contributed by atoms with Crippen molar-refractivity contribution in [1.29, 1.82) is 0 Å². The zero-order chi connectivity index (χ0) is 18.3. The lowest BCUT2D eigenvalue weighted by Crippen LogP contribution is -2.33. The third-order valence-electron chi connectivity index (χ3n) is 2.65. The van der Waals surface area contributed by atoms with E-state index in [2.05, 4.69) is 14.8 Å². The Kier molecular flexibility index (Phi) is 6.77. The minimum atomic E-state index is -4.76. The summed E-state index contributed by atoms with van der Waals surface area (Å²) in [4.78, 5) is 33.1. The van der Waals surface area contributed by atoms with Gasteiger partial charge in [0.2, 0.25) is 9.84 Å². The van der Waals surface area contributed by atoms with Crippen LogP contribution in [-0.4, -0.2) is 52.3 Å². The predicted octanol–water partition coefficient (Wildman–Crippen LogP) is 0.129. The van der Waals surface area contributed by atoms with Crippen molar-refractivity contribution in [2.45, 2.75) is 10.7 Å². The fourth-order valence-corrected chi connectivity index (χ4v) is 2.11. The van der Waals surface area contributed by atoms with Crippen LogP contribution in [0.15, 0.2) is 29.2 Å². The lowest BCUT2D eigenvalue weighted by Gasteiger charge is -2.07. The Hall–Kier alpha value is -2.56. The third kappa shape index (κ3) is 5.26. The summed E-state index contributed by atoms with van der Waals surface area (Å²) >= 11 is 0. The highest BCUT2D eigenvalue weighted by atomic mass is 32.2. The minimum absolute atomic E-state index is 0.135. The van der Waals surface area contributed by atoms with Gasteiger partial charge in [-0.3, -0.25) is 9.59 Å². The first-order chi connectivity index (χ1) is 11.2. The van der Waals surface area contributed by atoms with Crippen molar-refractivity contribution in [1.82, 2.24) is 5.32 Å². The van der Waals surface area contributed by atoms with Crippen molar-refractivity contribution >= 4 is 27.7 Å². The van der Waals surface area contributed by atoms with Crippen molar-refractivity contribution in [3.63, 3.8) is 0 Å². The summed E-state index contributed by atoms with van der Waals surface area (Å²) in [6.07, 6.45) is 0. The fourth-order valence-electron chi connectivity index (χ4n) is 1.39. The number of amides is 1. The number of hydrogen-bond acceptors (Lipinski definition) is 7. The number of carbonyl (C=O) groups excluding carboxylic acids is 3. The molecule has 11 heteroatoms. The van der Waals surface area contributed by atoms with Crippen LogP contribution < -0.4 is 5.32 Å². The number of sulfone groups is 1. The zero-order valence-electron chi connectivity index (χ0n) is 12.3. The van der Waals surface area contributed by atoms with Crippen LogP contribution in [-0.2, 0) is 28.9 Å². The Labute approximate surface area is 135 Å². The van der Waals surface area contributed by atoms with E-state index in [0.29, 0.717) is 0 Å². The van der Waals surface area contributed by atoms with Gasteiger partial charge in [-0.2, -0.15) is 8.78 Å². The Morgan fingerprint density at radius 3 is 2.25 bits per heavy atom. The fraction of sp³-hybridized carbons (Fsp3) is 0.308. The van der Waals surface area contributed by atoms with E-state index >= 15 is 0 Å². The molecule has 0 aliphatic carbocycles. The molecule has 0 fully saturated rings. The molecule has 0 saturated carbocycles. The Balaban J connectivity index is 2.60. The van der Waals surface area contributed by atoms with Crippen LogP contribution in [0.3, 0.4) is 0 Å². The van der Waals surface area contributed by atoms with Gasteiger partial charge in [-0.1, -0.05) is 0 Å². The van der Waals surface area contributed by atoms with Crippen LogP contribution in [0, 0.1) is 0 Å². The summed E-state index contributed by atoms with van der Waals surface area (Å²) in [5.41, 5.74) is -0.135. The molecule has 8 nitrogen and oxygen atoms in total. The molecule has 0 bridgehead atoms. The van der Waals surface area contributed by atoms with Crippen LogP contribution in [0.4, 0.5) is 8.78 Å². The first-order valence-electron chi connectivity index (χ1n) is 6.31. The highest BCUT2D eigenvalue weighted by Crippen LogP contribution is 2.18. The molecule has 0 atom stereocenters. The molecule has 1 aromatic carbocycles. The van der Waals surface area contributed by atoms with Crippen molar-refractivity contribution in [3.8, 4) is 0 Å². The molecule has 24 heavy (non-hydrogen) atoms.